The third-order valence-corrected chi connectivity index (χ3v) is 3.54. The molecule has 0 fully saturated rings. The number of rotatable bonds is 2. The molecule has 0 aliphatic carbocycles. The Hall–Kier alpha value is -3.15. The molecule has 0 radical (unpaired) electrons. The van der Waals surface area contributed by atoms with Crippen molar-refractivity contribution in [2.24, 2.45) is 0 Å². The van der Waals surface area contributed by atoms with Crippen LogP contribution in [0.15, 0.2) is 53.3 Å². The summed E-state index contributed by atoms with van der Waals surface area (Å²) < 4.78 is 6.50. The Morgan fingerprint density at radius 1 is 1.14 bits per heavy atom. The van der Waals surface area contributed by atoms with Crippen LogP contribution in [0, 0.1) is 0 Å². The van der Waals surface area contributed by atoms with E-state index in [1.165, 1.54) is 4.52 Å². The number of fused-ring (bicyclic) bond motifs is 3. The fraction of sp³-hybridized carbons (Fsp3) is 0.0625. The summed E-state index contributed by atoms with van der Waals surface area (Å²) in [5.41, 5.74) is 1.77. The molecule has 108 valence electrons. The number of para-hydroxylation sites is 1. The molecule has 22 heavy (non-hydrogen) atoms. The van der Waals surface area contributed by atoms with Crippen molar-refractivity contribution in [2.45, 2.75) is 0 Å². The molecular formula is C16H12N4O2. The Bertz CT molecular complexity index is 1050. The minimum atomic E-state index is -0.310. The van der Waals surface area contributed by atoms with E-state index in [4.69, 9.17) is 4.74 Å². The summed E-state index contributed by atoms with van der Waals surface area (Å²) in [6.45, 7) is 0. The number of nitrogens with zero attached hydrogens (tertiary/aromatic N) is 3. The first-order valence-electron chi connectivity index (χ1n) is 6.78. The Balaban J connectivity index is 2.02. The van der Waals surface area contributed by atoms with E-state index in [-0.39, 0.29) is 5.69 Å². The molecule has 1 N–H and O–H groups in total. The van der Waals surface area contributed by atoms with Crippen LogP contribution in [0.3, 0.4) is 0 Å². The van der Waals surface area contributed by atoms with E-state index in [1.54, 1.807) is 7.11 Å². The Kier molecular flexibility index (Phi) is 2.69. The van der Waals surface area contributed by atoms with Gasteiger partial charge in [0.25, 0.3) is 0 Å². The summed E-state index contributed by atoms with van der Waals surface area (Å²) in [6.07, 6.45) is 0. The van der Waals surface area contributed by atoms with Crippen LogP contribution in [0.4, 0.5) is 0 Å². The topological polar surface area (TPSA) is 72.3 Å². The molecule has 2 aromatic carbocycles. The van der Waals surface area contributed by atoms with Gasteiger partial charge in [-0.15, -0.1) is 5.10 Å². The molecule has 0 atom stereocenters. The van der Waals surface area contributed by atoms with Gasteiger partial charge in [-0.25, -0.2) is 9.78 Å². The number of nitrogens with one attached hydrogen (secondary N) is 1. The predicted octanol–water partition coefficient (Wildman–Crippen LogP) is 2.25. The van der Waals surface area contributed by atoms with Gasteiger partial charge in [-0.2, -0.15) is 4.52 Å². The number of methoxy groups -OCH3 is 1. The van der Waals surface area contributed by atoms with Crippen LogP contribution in [0.5, 0.6) is 5.75 Å². The molecule has 0 amide bonds. The molecule has 0 aliphatic rings. The zero-order valence-electron chi connectivity index (χ0n) is 11.8. The maximum absolute atomic E-state index is 12.1. The van der Waals surface area contributed by atoms with Crippen LogP contribution in [0.2, 0.25) is 0 Å². The van der Waals surface area contributed by atoms with E-state index in [1.807, 2.05) is 48.5 Å². The molecule has 0 aliphatic heterocycles. The molecular weight excluding hydrogens is 280 g/mol. The van der Waals surface area contributed by atoms with E-state index in [2.05, 4.69) is 15.1 Å². The first kappa shape index (κ1) is 12.6. The second-order valence-electron chi connectivity index (χ2n) is 4.88. The zero-order chi connectivity index (χ0) is 15.1. The van der Waals surface area contributed by atoms with Crippen molar-refractivity contribution < 1.29 is 4.74 Å². The molecule has 0 saturated heterocycles. The van der Waals surface area contributed by atoms with Crippen LogP contribution in [-0.4, -0.2) is 26.7 Å². The van der Waals surface area contributed by atoms with Crippen molar-refractivity contribution in [3.63, 3.8) is 0 Å². The molecule has 4 rings (SSSR count). The van der Waals surface area contributed by atoms with E-state index in [0.717, 1.165) is 22.2 Å². The summed E-state index contributed by atoms with van der Waals surface area (Å²) >= 11 is 0. The first-order chi connectivity index (χ1) is 10.8. The Labute approximate surface area is 125 Å². The van der Waals surface area contributed by atoms with Crippen molar-refractivity contribution in [3.8, 4) is 17.1 Å². The van der Waals surface area contributed by atoms with Gasteiger partial charge in [-0.05, 0) is 24.3 Å². The molecule has 2 aromatic heterocycles. The number of benzene rings is 2. The summed E-state index contributed by atoms with van der Waals surface area (Å²) in [7, 11) is 1.61. The van der Waals surface area contributed by atoms with Crippen LogP contribution in [-0.2, 0) is 0 Å². The van der Waals surface area contributed by atoms with E-state index in [9.17, 15) is 4.79 Å². The Morgan fingerprint density at radius 3 is 2.86 bits per heavy atom. The van der Waals surface area contributed by atoms with Gasteiger partial charge < -0.3 is 9.72 Å². The smallest absolute Gasteiger partial charge is 0.348 e. The number of hydrogen-bond acceptors (Lipinski definition) is 4. The maximum atomic E-state index is 12.1. The monoisotopic (exact) mass is 292 g/mol. The highest BCUT2D eigenvalue weighted by atomic mass is 16.5. The standard InChI is InChI=1S/C16H12N4O2/c1-22-11-6-4-5-10(9-11)14-18-15-12-7-2-3-8-13(12)17-16(21)20(15)19-14/h2-9H,1H3,(H,17,21). The fourth-order valence-corrected chi connectivity index (χ4v) is 2.47. The summed E-state index contributed by atoms with van der Waals surface area (Å²) in [6, 6.07) is 15.0. The SMILES string of the molecule is COc1cccc(-c2nc3c4ccccc4[nH]c(=O)n3n2)c1. The van der Waals surface area contributed by atoms with Gasteiger partial charge in [0.15, 0.2) is 11.5 Å². The quantitative estimate of drug-likeness (QED) is 0.615. The molecule has 0 unspecified atom stereocenters. The summed E-state index contributed by atoms with van der Waals surface area (Å²) in [4.78, 5) is 19.5. The average Bonchev–Trinajstić information content (AvgIpc) is 3.01. The second kappa shape index (κ2) is 4.70. The largest absolute Gasteiger partial charge is 0.497 e. The lowest BCUT2D eigenvalue weighted by Crippen LogP contribution is -2.17. The minimum Gasteiger partial charge on any atom is -0.497 e. The summed E-state index contributed by atoms with van der Waals surface area (Å²) in [5, 5.41) is 5.16. The van der Waals surface area contributed by atoms with E-state index in [0.29, 0.717) is 11.5 Å². The maximum Gasteiger partial charge on any atom is 0.348 e. The van der Waals surface area contributed by atoms with Gasteiger partial charge in [-0.1, -0.05) is 24.3 Å². The summed E-state index contributed by atoms with van der Waals surface area (Å²) in [5.74, 6) is 1.20. The van der Waals surface area contributed by atoms with Gasteiger partial charge in [0.05, 0.1) is 12.6 Å². The normalized spacial score (nSPS) is 11.1. The minimum absolute atomic E-state index is 0.310. The van der Waals surface area contributed by atoms with Gasteiger partial charge in [0.2, 0.25) is 0 Å². The molecule has 0 saturated carbocycles. The highest BCUT2D eigenvalue weighted by molar-refractivity contribution is 5.91. The van der Waals surface area contributed by atoms with Gasteiger partial charge in [0, 0.05) is 10.9 Å². The van der Waals surface area contributed by atoms with Crippen molar-refractivity contribution in [2.75, 3.05) is 7.11 Å². The fourth-order valence-electron chi connectivity index (χ4n) is 2.47. The molecule has 2 heterocycles. The third kappa shape index (κ3) is 1.85. The predicted molar refractivity (Wildman–Crippen MR) is 83.1 cm³/mol. The van der Waals surface area contributed by atoms with Crippen molar-refractivity contribution in [1.29, 1.82) is 0 Å². The lowest BCUT2D eigenvalue weighted by Gasteiger charge is -2.00. The third-order valence-electron chi connectivity index (χ3n) is 3.54. The van der Waals surface area contributed by atoms with Crippen LogP contribution in [0.1, 0.15) is 0 Å². The lowest BCUT2D eigenvalue weighted by atomic mass is 10.2. The number of hydrogen-bond donors (Lipinski definition) is 1. The van der Waals surface area contributed by atoms with Crippen molar-refractivity contribution in [3.05, 3.63) is 59.0 Å². The van der Waals surface area contributed by atoms with E-state index >= 15 is 0 Å². The molecule has 0 spiro atoms. The highest BCUT2D eigenvalue weighted by Crippen LogP contribution is 2.23. The first-order valence-corrected chi connectivity index (χ1v) is 6.78. The number of aromatic nitrogens is 4. The number of aromatic amines is 1. The Morgan fingerprint density at radius 2 is 2.00 bits per heavy atom. The molecule has 6 heteroatoms. The van der Waals surface area contributed by atoms with Crippen molar-refractivity contribution >= 4 is 16.6 Å². The van der Waals surface area contributed by atoms with Gasteiger partial charge >= 0.3 is 5.69 Å². The van der Waals surface area contributed by atoms with Gasteiger partial charge in [-0.3, -0.25) is 0 Å². The molecule has 6 nitrogen and oxygen atoms in total. The van der Waals surface area contributed by atoms with Crippen LogP contribution in [0.25, 0.3) is 27.9 Å². The van der Waals surface area contributed by atoms with Crippen LogP contribution < -0.4 is 10.4 Å². The second-order valence-corrected chi connectivity index (χ2v) is 4.88. The van der Waals surface area contributed by atoms with Gasteiger partial charge in [0.1, 0.15) is 5.75 Å². The van der Waals surface area contributed by atoms with E-state index < -0.39 is 0 Å². The number of ether oxygens (including phenoxy) is 1. The highest BCUT2D eigenvalue weighted by Gasteiger charge is 2.12. The van der Waals surface area contributed by atoms with Crippen molar-refractivity contribution in [1.82, 2.24) is 19.6 Å². The zero-order valence-corrected chi connectivity index (χ0v) is 11.8. The lowest BCUT2D eigenvalue weighted by molar-refractivity contribution is 0.415. The average molecular weight is 292 g/mol. The number of H-pyrrole nitrogens is 1. The van der Waals surface area contributed by atoms with Crippen LogP contribution >= 0.6 is 0 Å². The molecule has 0 bridgehead atoms. The molecule has 4 aromatic rings.